The number of nitrogens with zero attached hydrogens (tertiary/aromatic N) is 4. The fourth-order valence-electron chi connectivity index (χ4n) is 3.10. The molecule has 6 nitrogen and oxygen atoms in total. The minimum Gasteiger partial charge on any atom is -0.360 e. The molecule has 0 spiro atoms. The third-order valence-corrected chi connectivity index (χ3v) is 4.64. The Morgan fingerprint density at radius 1 is 1.21 bits per heavy atom. The van der Waals surface area contributed by atoms with Crippen LogP contribution in [0.15, 0.2) is 33.7 Å². The van der Waals surface area contributed by atoms with Gasteiger partial charge in [-0.1, -0.05) is 25.9 Å². The van der Waals surface area contributed by atoms with Crippen LogP contribution < -0.4 is 5.56 Å². The Balaban J connectivity index is 1.59. The van der Waals surface area contributed by atoms with E-state index in [0.717, 1.165) is 43.9 Å². The Kier molecular flexibility index (Phi) is 4.85. The smallest absolute Gasteiger partial charge is 0.266 e. The standard InChI is InChI=1S/C18H26N4O2/c1-18(2,3)16-4-5-17(23)22(20-16)12-14-7-10-21(11-8-14)13-15-6-9-19-24-15/h4-6,9,14H,7-8,10-13H2,1-3H3. The van der Waals surface area contributed by atoms with E-state index in [-0.39, 0.29) is 11.0 Å². The molecule has 0 atom stereocenters. The SMILES string of the molecule is CC(C)(C)c1ccc(=O)n(CC2CCN(Cc3ccno3)CC2)n1. The summed E-state index contributed by atoms with van der Waals surface area (Å²) in [5, 5.41) is 8.33. The second kappa shape index (κ2) is 6.89. The summed E-state index contributed by atoms with van der Waals surface area (Å²) in [7, 11) is 0. The van der Waals surface area contributed by atoms with E-state index in [9.17, 15) is 4.79 Å². The molecule has 0 saturated carbocycles. The van der Waals surface area contributed by atoms with Crippen molar-refractivity contribution in [1.82, 2.24) is 19.8 Å². The number of hydrogen-bond donors (Lipinski definition) is 0. The fourth-order valence-corrected chi connectivity index (χ4v) is 3.10. The molecule has 2 aromatic rings. The van der Waals surface area contributed by atoms with E-state index in [1.165, 1.54) is 0 Å². The molecular weight excluding hydrogens is 304 g/mol. The summed E-state index contributed by atoms with van der Waals surface area (Å²) in [5.74, 6) is 1.40. The van der Waals surface area contributed by atoms with Crippen molar-refractivity contribution in [2.24, 2.45) is 5.92 Å². The fraction of sp³-hybridized carbons (Fsp3) is 0.611. The van der Waals surface area contributed by atoms with Gasteiger partial charge in [0, 0.05) is 24.1 Å². The first-order valence-corrected chi connectivity index (χ1v) is 8.62. The van der Waals surface area contributed by atoms with Gasteiger partial charge in [0.1, 0.15) is 0 Å². The topological polar surface area (TPSA) is 64.2 Å². The summed E-state index contributed by atoms with van der Waals surface area (Å²) in [4.78, 5) is 14.5. The summed E-state index contributed by atoms with van der Waals surface area (Å²) in [6.07, 6.45) is 3.83. The Morgan fingerprint density at radius 2 is 1.96 bits per heavy atom. The predicted molar refractivity (Wildman–Crippen MR) is 91.7 cm³/mol. The molecule has 6 heteroatoms. The second-order valence-corrected chi connectivity index (χ2v) is 7.69. The van der Waals surface area contributed by atoms with E-state index in [1.807, 2.05) is 12.1 Å². The Labute approximate surface area is 142 Å². The van der Waals surface area contributed by atoms with Crippen LogP contribution in [0, 0.1) is 5.92 Å². The lowest BCUT2D eigenvalue weighted by atomic mass is 9.92. The maximum atomic E-state index is 12.1. The van der Waals surface area contributed by atoms with Gasteiger partial charge in [-0.25, -0.2) is 4.68 Å². The van der Waals surface area contributed by atoms with Gasteiger partial charge in [0.2, 0.25) is 0 Å². The molecule has 1 aliphatic rings. The van der Waals surface area contributed by atoms with Crippen LogP contribution >= 0.6 is 0 Å². The Hall–Kier alpha value is -1.95. The normalized spacial score (nSPS) is 17.3. The van der Waals surface area contributed by atoms with Crippen molar-refractivity contribution in [3.8, 4) is 0 Å². The molecular formula is C18H26N4O2. The first kappa shape index (κ1) is 16.9. The molecule has 0 N–H and O–H groups in total. The molecule has 0 radical (unpaired) electrons. The van der Waals surface area contributed by atoms with Crippen LogP contribution in [-0.4, -0.2) is 32.9 Å². The highest BCUT2D eigenvalue weighted by molar-refractivity contribution is 5.10. The minimum atomic E-state index is -0.0457. The van der Waals surface area contributed by atoms with Crippen molar-refractivity contribution in [3.63, 3.8) is 0 Å². The lowest BCUT2D eigenvalue weighted by Crippen LogP contribution is -2.37. The van der Waals surface area contributed by atoms with Gasteiger partial charge in [-0.15, -0.1) is 0 Å². The summed E-state index contributed by atoms with van der Waals surface area (Å²) in [5.41, 5.74) is 0.910. The molecule has 0 amide bonds. The quantitative estimate of drug-likeness (QED) is 0.861. The lowest BCUT2D eigenvalue weighted by molar-refractivity contribution is 0.150. The molecule has 0 aromatic carbocycles. The first-order valence-electron chi connectivity index (χ1n) is 8.62. The van der Waals surface area contributed by atoms with Crippen LogP contribution in [0.25, 0.3) is 0 Å². The Bertz CT molecular complexity index is 707. The van der Waals surface area contributed by atoms with Crippen molar-refractivity contribution in [3.05, 3.63) is 46.2 Å². The Morgan fingerprint density at radius 3 is 2.58 bits per heavy atom. The van der Waals surface area contributed by atoms with Gasteiger partial charge < -0.3 is 4.52 Å². The molecule has 0 bridgehead atoms. The van der Waals surface area contributed by atoms with Crippen molar-refractivity contribution >= 4 is 0 Å². The summed E-state index contributed by atoms with van der Waals surface area (Å²) >= 11 is 0. The van der Waals surface area contributed by atoms with E-state index in [2.05, 4.69) is 35.9 Å². The highest BCUT2D eigenvalue weighted by Gasteiger charge is 2.22. The summed E-state index contributed by atoms with van der Waals surface area (Å²) in [6, 6.07) is 5.40. The molecule has 3 rings (SSSR count). The number of hydrogen-bond acceptors (Lipinski definition) is 5. The first-order chi connectivity index (χ1) is 11.4. The van der Waals surface area contributed by atoms with Crippen molar-refractivity contribution < 1.29 is 4.52 Å². The summed E-state index contributed by atoms with van der Waals surface area (Å²) < 4.78 is 6.82. The highest BCUT2D eigenvalue weighted by atomic mass is 16.5. The van der Waals surface area contributed by atoms with Gasteiger partial charge in [-0.05, 0) is 37.9 Å². The lowest BCUT2D eigenvalue weighted by Gasteiger charge is -2.31. The minimum absolute atomic E-state index is 0.00732. The molecule has 1 aliphatic heterocycles. The number of likely N-dealkylation sites (tertiary alicyclic amines) is 1. The third-order valence-electron chi connectivity index (χ3n) is 4.64. The molecule has 1 fully saturated rings. The zero-order chi connectivity index (χ0) is 17.2. The maximum Gasteiger partial charge on any atom is 0.266 e. The summed E-state index contributed by atoms with van der Waals surface area (Å²) in [6.45, 7) is 9.89. The number of piperidine rings is 1. The maximum absolute atomic E-state index is 12.1. The van der Waals surface area contributed by atoms with Crippen LogP contribution in [-0.2, 0) is 18.5 Å². The second-order valence-electron chi connectivity index (χ2n) is 7.69. The van der Waals surface area contributed by atoms with E-state index >= 15 is 0 Å². The van der Waals surface area contributed by atoms with Crippen molar-refractivity contribution in [1.29, 1.82) is 0 Å². The van der Waals surface area contributed by atoms with Gasteiger partial charge >= 0.3 is 0 Å². The van der Waals surface area contributed by atoms with E-state index < -0.39 is 0 Å². The highest BCUT2D eigenvalue weighted by Crippen LogP contribution is 2.21. The van der Waals surface area contributed by atoms with E-state index in [4.69, 9.17) is 4.52 Å². The molecule has 24 heavy (non-hydrogen) atoms. The van der Waals surface area contributed by atoms with Crippen LogP contribution in [0.5, 0.6) is 0 Å². The van der Waals surface area contributed by atoms with Crippen LogP contribution in [0.2, 0.25) is 0 Å². The average molecular weight is 330 g/mol. The van der Waals surface area contributed by atoms with Crippen molar-refractivity contribution in [2.45, 2.75) is 52.1 Å². The van der Waals surface area contributed by atoms with Crippen molar-refractivity contribution in [2.75, 3.05) is 13.1 Å². The zero-order valence-electron chi connectivity index (χ0n) is 14.7. The molecule has 0 aliphatic carbocycles. The number of aromatic nitrogens is 3. The van der Waals surface area contributed by atoms with Crippen LogP contribution in [0.3, 0.4) is 0 Å². The molecule has 0 unspecified atom stereocenters. The molecule has 130 valence electrons. The van der Waals surface area contributed by atoms with Gasteiger partial charge in [-0.3, -0.25) is 9.69 Å². The van der Waals surface area contributed by atoms with Crippen LogP contribution in [0.4, 0.5) is 0 Å². The largest absolute Gasteiger partial charge is 0.360 e. The van der Waals surface area contributed by atoms with Gasteiger partial charge in [0.05, 0.1) is 18.4 Å². The molecule has 1 saturated heterocycles. The molecule has 2 aromatic heterocycles. The van der Waals surface area contributed by atoms with E-state index in [0.29, 0.717) is 12.5 Å². The third kappa shape index (κ3) is 4.12. The average Bonchev–Trinajstić information content (AvgIpc) is 3.03. The molecule has 3 heterocycles. The predicted octanol–water partition coefficient (Wildman–Crippen LogP) is 2.44. The van der Waals surface area contributed by atoms with E-state index in [1.54, 1.807) is 16.9 Å². The van der Waals surface area contributed by atoms with Gasteiger partial charge in [-0.2, -0.15) is 5.10 Å². The van der Waals surface area contributed by atoms with Gasteiger partial charge in [0.25, 0.3) is 5.56 Å². The van der Waals surface area contributed by atoms with Gasteiger partial charge in [0.15, 0.2) is 5.76 Å². The van der Waals surface area contributed by atoms with Crippen LogP contribution in [0.1, 0.15) is 45.1 Å². The number of rotatable bonds is 4. The zero-order valence-corrected chi connectivity index (χ0v) is 14.7. The monoisotopic (exact) mass is 330 g/mol.